The van der Waals surface area contributed by atoms with Crippen LogP contribution in [0.5, 0.6) is 5.75 Å². The van der Waals surface area contributed by atoms with Crippen molar-refractivity contribution in [2.75, 3.05) is 6.61 Å². The van der Waals surface area contributed by atoms with Crippen molar-refractivity contribution in [2.24, 2.45) is 5.92 Å². The van der Waals surface area contributed by atoms with Gasteiger partial charge >= 0.3 is 0 Å². The third kappa shape index (κ3) is 4.15. The Bertz CT molecular complexity index is 605. The summed E-state index contributed by atoms with van der Waals surface area (Å²) in [7, 11) is 0. The number of hydrogen-bond acceptors (Lipinski definition) is 4. The summed E-state index contributed by atoms with van der Waals surface area (Å²) in [5.74, 6) is 1.90. The van der Waals surface area contributed by atoms with E-state index in [0.29, 0.717) is 29.7 Å². The largest absolute Gasteiger partial charge is 0.494 e. The zero-order valence-corrected chi connectivity index (χ0v) is 12.7. The number of Topliss-reactive ketones (excluding diaryl/α,β-unsaturated/α-hetero) is 1. The lowest BCUT2D eigenvalue weighted by molar-refractivity contribution is 0.0988. The molecule has 1 aromatic carbocycles. The van der Waals surface area contributed by atoms with Crippen LogP contribution in [0, 0.1) is 5.92 Å². The average molecular weight is 287 g/mol. The molecule has 0 N–H and O–H groups in total. The maximum Gasteiger partial charge on any atom is 0.170 e. The van der Waals surface area contributed by atoms with E-state index in [4.69, 9.17) is 4.74 Å². The zero-order valence-electron chi connectivity index (χ0n) is 12.7. The first-order valence-electron chi connectivity index (χ1n) is 7.23. The first kappa shape index (κ1) is 15.2. The quantitative estimate of drug-likeness (QED) is 0.735. The number of aromatic nitrogens is 3. The monoisotopic (exact) mass is 287 g/mol. The summed E-state index contributed by atoms with van der Waals surface area (Å²) in [6.45, 7) is 7.49. The molecule has 0 saturated heterocycles. The fourth-order valence-electron chi connectivity index (χ4n) is 2.10. The summed E-state index contributed by atoms with van der Waals surface area (Å²) in [5.41, 5.74) is 0.639. The lowest BCUT2D eigenvalue weighted by Gasteiger charge is -2.08. The molecule has 2 rings (SSSR count). The maximum atomic E-state index is 12.4. The lowest BCUT2D eigenvalue weighted by Crippen LogP contribution is -2.14. The fraction of sp³-hybridized carbons (Fsp3) is 0.438. The van der Waals surface area contributed by atoms with Crippen LogP contribution >= 0.6 is 0 Å². The number of hydrogen-bond donors (Lipinski definition) is 0. The van der Waals surface area contributed by atoms with Crippen molar-refractivity contribution in [1.82, 2.24) is 14.8 Å². The number of ether oxygens (including phenoxy) is 1. The van der Waals surface area contributed by atoms with Gasteiger partial charge in [0.05, 0.1) is 13.0 Å². The second kappa shape index (κ2) is 7.02. The van der Waals surface area contributed by atoms with Gasteiger partial charge in [0.25, 0.3) is 0 Å². The van der Waals surface area contributed by atoms with E-state index < -0.39 is 0 Å². The summed E-state index contributed by atoms with van der Waals surface area (Å²) >= 11 is 0. The van der Waals surface area contributed by atoms with Crippen LogP contribution in [0.15, 0.2) is 30.6 Å². The van der Waals surface area contributed by atoms with Crippen LogP contribution in [-0.2, 0) is 13.0 Å². The Hall–Kier alpha value is -2.17. The van der Waals surface area contributed by atoms with Crippen molar-refractivity contribution < 1.29 is 9.53 Å². The molecule has 0 aliphatic rings. The van der Waals surface area contributed by atoms with Crippen LogP contribution in [-0.4, -0.2) is 27.2 Å². The molecule has 112 valence electrons. The third-order valence-electron chi connectivity index (χ3n) is 3.02. The Morgan fingerprint density at radius 1 is 1.38 bits per heavy atom. The van der Waals surface area contributed by atoms with E-state index in [9.17, 15) is 4.79 Å². The minimum absolute atomic E-state index is 0.0227. The van der Waals surface area contributed by atoms with Gasteiger partial charge in [-0.3, -0.25) is 4.79 Å². The molecule has 2 aromatic rings. The van der Waals surface area contributed by atoms with Crippen molar-refractivity contribution >= 4 is 5.78 Å². The molecule has 21 heavy (non-hydrogen) atoms. The fourth-order valence-corrected chi connectivity index (χ4v) is 2.10. The van der Waals surface area contributed by atoms with Gasteiger partial charge in [0.1, 0.15) is 17.9 Å². The smallest absolute Gasteiger partial charge is 0.170 e. The summed E-state index contributed by atoms with van der Waals surface area (Å²) in [4.78, 5) is 16.6. The van der Waals surface area contributed by atoms with Gasteiger partial charge < -0.3 is 4.74 Å². The van der Waals surface area contributed by atoms with Gasteiger partial charge in [-0.1, -0.05) is 26.0 Å². The van der Waals surface area contributed by atoms with Crippen molar-refractivity contribution in [2.45, 2.75) is 33.7 Å². The first-order chi connectivity index (χ1) is 10.1. The van der Waals surface area contributed by atoms with Gasteiger partial charge in [-0.25, -0.2) is 9.67 Å². The molecular weight excluding hydrogens is 266 g/mol. The number of carbonyl (C=O) groups excluding carboxylic acids is 1. The Kier molecular flexibility index (Phi) is 5.09. The number of nitrogens with zero attached hydrogens (tertiary/aromatic N) is 3. The van der Waals surface area contributed by atoms with Crippen LogP contribution in [0.1, 0.15) is 37.0 Å². The summed E-state index contributed by atoms with van der Waals surface area (Å²) in [6.07, 6.45) is 1.75. The molecule has 0 radical (unpaired) electrons. The number of rotatable bonds is 7. The molecule has 0 spiro atoms. The summed E-state index contributed by atoms with van der Waals surface area (Å²) < 4.78 is 7.22. The van der Waals surface area contributed by atoms with Crippen LogP contribution in [0.4, 0.5) is 0 Å². The molecule has 0 fully saturated rings. The van der Waals surface area contributed by atoms with Crippen molar-refractivity contribution in [3.05, 3.63) is 42.0 Å². The maximum absolute atomic E-state index is 12.4. The van der Waals surface area contributed by atoms with Crippen LogP contribution in [0.25, 0.3) is 0 Å². The highest BCUT2D eigenvalue weighted by Crippen LogP contribution is 2.15. The van der Waals surface area contributed by atoms with Crippen LogP contribution in [0.3, 0.4) is 0 Å². The highest BCUT2D eigenvalue weighted by atomic mass is 16.5. The van der Waals surface area contributed by atoms with E-state index in [2.05, 4.69) is 23.9 Å². The van der Waals surface area contributed by atoms with Gasteiger partial charge in [0, 0.05) is 12.1 Å². The first-order valence-corrected chi connectivity index (χ1v) is 7.23. The van der Waals surface area contributed by atoms with E-state index >= 15 is 0 Å². The predicted molar refractivity (Wildman–Crippen MR) is 80.5 cm³/mol. The highest BCUT2D eigenvalue weighted by Gasteiger charge is 2.13. The standard InChI is InChI=1S/C16H21N3O2/c1-4-21-14-7-5-6-13(8-14)15(20)9-16-17-11-18-19(16)10-12(2)3/h5-8,11-12H,4,9-10H2,1-3H3. The molecule has 0 bridgehead atoms. The minimum Gasteiger partial charge on any atom is -0.494 e. The molecule has 0 atom stereocenters. The highest BCUT2D eigenvalue weighted by molar-refractivity contribution is 5.97. The van der Waals surface area contributed by atoms with Gasteiger partial charge in [-0.2, -0.15) is 5.10 Å². The molecule has 5 nitrogen and oxygen atoms in total. The molecule has 0 unspecified atom stereocenters. The van der Waals surface area contributed by atoms with Crippen molar-refractivity contribution in [1.29, 1.82) is 0 Å². The molecule has 1 heterocycles. The van der Waals surface area contributed by atoms with E-state index in [-0.39, 0.29) is 12.2 Å². The second-order valence-corrected chi connectivity index (χ2v) is 5.31. The van der Waals surface area contributed by atoms with Crippen molar-refractivity contribution in [3.63, 3.8) is 0 Å². The molecular formula is C16H21N3O2. The summed E-state index contributed by atoms with van der Waals surface area (Å²) in [6, 6.07) is 7.25. The second-order valence-electron chi connectivity index (χ2n) is 5.31. The SMILES string of the molecule is CCOc1cccc(C(=O)Cc2ncnn2CC(C)C)c1. The van der Waals surface area contributed by atoms with E-state index in [1.54, 1.807) is 16.8 Å². The number of benzene rings is 1. The lowest BCUT2D eigenvalue weighted by atomic mass is 10.1. The Morgan fingerprint density at radius 3 is 2.90 bits per heavy atom. The topological polar surface area (TPSA) is 57.0 Å². The number of ketones is 1. The van der Waals surface area contributed by atoms with E-state index in [1.807, 2.05) is 19.1 Å². The van der Waals surface area contributed by atoms with E-state index in [1.165, 1.54) is 6.33 Å². The molecule has 0 saturated carbocycles. The number of carbonyl (C=O) groups is 1. The Labute approximate surface area is 125 Å². The van der Waals surface area contributed by atoms with Crippen molar-refractivity contribution in [3.8, 4) is 5.75 Å². The molecule has 0 amide bonds. The molecule has 0 aliphatic carbocycles. The third-order valence-corrected chi connectivity index (χ3v) is 3.02. The van der Waals surface area contributed by atoms with Gasteiger partial charge in [-0.05, 0) is 25.0 Å². The molecule has 5 heteroatoms. The predicted octanol–water partition coefficient (Wildman–Crippen LogP) is 2.76. The van der Waals surface area contributed by atoms with E-state index in [0.717, 1.165) is 6.54 Å². The van der Waals surface area contributed by atoms with Crippen LogP contribution < -0.4 is 4.74 Å². The average Bonchev–Trinajstić information content (AvgIpc) is 2.86. The van der Waals surface area contributed by atoms with Gasteiger partial charge in [-0.15, -0.1) is 0 Å². The van der Waals surface area contributed by atoms with Gasteiger partial charge in [0.15, 0.2) is 5.78 Å². The summed E-state index contributed by atoms with van der Waals surface area (Å²) in [5, 5.41) is 4.18. The normalized spacial score (nSPS) is 10.9. The van der Waals surface area contributed by atoms with Gasteiger partial charge in [0.2, 0.25) is 0 Å². The zero-order chi connectivity index (χ0) is 15.2. The minimum atomic E-state index is 0.0227. The van der Waals surface area contributed by atoms with Crippen LogP contribution in [0.2, 0.25) is 0 Å². The Morgan fingerprint density at radius 2 is 2.19 bits per heavy atom. The molecule has 0 aliphatic heterocycles. The molecule has 1 aromatic heterocycles. The Balaban J connectivity index is 2.11.